The fourth-order valence-electron chi connectivity index (χ4n) is 1.41. The normalized spacial score (nSPS) is 12.0. The van der Waals surface area contributed by atoms with Crippen molar-refractivity contribution >= 4 is 14.0 Å². The molecule has 110 valence electrons. The average molecular weight is 292 g/mol. The summed E-state index contributed by atoms with van der Waals surface area (Å²) in [6, 6.07) is 7.08. The second-order valence-corrected chi connectivity index (χ2v) is 11.1. The summed E-state index contributed by atoms with van der Waals surface area (Å²) in [6.07, 6.45) is 0. The van der Waals surface area contributed by atoms with Crippen LogP contribution in [0.25, 0.3) is 0 Å². The highest BCUT2D eigenvalue weighted by molar-refractivity contribution is 6.74. The minimum absolute atomic E-state index is 0.195. The second kappa shape index (κ2) is 6.29. The van der Waals surface area contributed by atoms with Crippen LogP contribution in [0.5, 0.6) is 5.75 Å². The van der Waals surface area contributed by atoms with Gasteiger partial charge in [-0.3, -0.25) is 0 Å². The van der Waals surface area contributed by atoms with Crippen LogP contribution in [0.4, 0.5) is 5.69 Å². The molecule has 0 unspecified atom stereocenters. The molecule has 0 radical (unpaired) electrons. The highest BCUT2D eigenvalue weighted by atomic mass is 28.4. The number of nitrogens with two attached hydrogens (primary N) is 1. The SMILES string of the molecule is CC(C)(C)[Si](C)(C)OCCOc1ccc(C#N)cc1N. The van der Waals surface area contributed by atoms with Crippen LogP contribution in [0.1, 0.15) is 26.3 Å². The number of nitriles is 1. The van der Waals surface area contributed by atoms with Gasteiger partial charge in [-0.2, -0.15) is 5.26 Å². The Hall–Kier alpha value is -1.51. The molecule has 0 fully saturated rings. The Balaban J connectivity index is 2.48. The first-order valence-electron chi connectivity index (χ1n) is 6.74. The number of ether oxygens (including phenoxy) is 1. The summed E-state index contributed by atoms with van der Waals surface area (Å²) in [5.41, 5.74) is 6.84. The van der Waals surface area contributed by atoms with Crippen molar-refractivity contribution in [1.29, 1.82) is 5.26 Å². The monoisotopic (exact) mass is 292 g/mol. The molecule has 0 amide bonds. The molecule has 1 aromatic rings. The molecule has 20 heavy (non-hydrogen) atoms. The summed E-state index contributed by atoms with van der Waals surface area (Å²) in [5.74, 6) is 0.600. The Morgan fingerprint density at radius 2 is 1.90 bits per heavy atom. The van der Waals surface area contributed by atoms with Crippen molar-refractivity contribution in [3.8, 4) is 11.8 Å². The summed E-state index contributed by atoms with van der Waals surface area (Å²) in [4.78, 5) is 0. The van der Waals surface area contributed by atoms with E-state index in [0.717, 1.165) is 0 Å². The predicted molar refractivity (Wildman–Crippen MR) is 84.2 cm³/mol. The van der Waals surface area contributed by atoms with Gasteiger partial charge in [0.2, 0.25) is 0 Å². The van der Waals surface area contributed by atoms with E-state index in [4.69, 9.17) is 20.2 Å². The van der Waals surface area contributed by atoms with Gasteiger partial charge in [0.15, 0.2) is 8.32 Å². The zero-order chi connectivity index (χ0) is 15.4. The van der Waals surface area contributed by atoms with Crippen LogP contribution >= 0.6 is 0 Å². The smallest absolute Gasteiger partial charge is 0.192 e. The van der Waals surface area contributed by atoms with Crippen molar-refractivity contribution in [3.05, 3.63) is 23.8 Å². The topological polar surface area (TPSA) is 68.3 Å². The third kappa shape index (κ3) is 4.25. The van der Waals surface area contributed by atoms with E-state index < -0.39 is 8.32 Å². The maximum atomic E-state index is 8.77. The van der Waals surface area contributed by atoms with Crippen LogP contribution in [0.15, 0.2) is 18.2 Å². The van der Waals surface area contributed by atoms with E-state index in [0.29, 0.717) is 30.2 Å². The first kappa shape index (κ1) is 16.5. The van der Waals surface area contributed by atoms with E-state index in [-0.39, 0.29) is 5.04 Å². The molecule has 2 N–H and O–H groups in total. The molecule has 0 saturated carbocycles. The quantitative estimate of drug-likeness (QED) is 0.512. The Bertz CT molecular complexity index is 502. The highest BCUT2D eigenvalue weighted by Crippen LogP contribution is 2.36. The standard InChI is InChI=1S/C15H24N2O2Si/c1-15(2,3)20(4,5)19-9-8-18-14-7-6-12(11-16)10-13(14)17/h6-7,10H,8-9,17H2,1-5H3. The molecule has 5 heteroatoms. The van der Waals surface area contributed by atoms with Gasteiger partial charge in [0.05, 0.1) is 23.9 Å². The van der Waals surface area contributed by atoms with Gasteiger partial charge in [0.25, 0.3) is 0 Å². The average Bonchev–Trinajstić information content (AvgIpc) is 2.34. The Kier molecular flexibility index (Phi) is 5.20. The molecule has 1 aromatic carbocycles. The predicted octanol–water partition coefficient (Wildman–Crippen LogP) is 3.54. The summed E-state index contributed by atoms with van der Waals surface area (Å²) in [6.45, 7) is 12.1. The van der Waals surface area contributed by atoms with Crippen molar-refractivity contribution < 1.29 is 9.16 Å². The van der Waals surface area contributed by atoms with Crippen molar-refractivity contribution in [2.45, 2.75) is 38.9 Å². The first-order valence-corrected chi connectivity index (χ1v) is 9.64. The Morgan fingerprint density at radius 3 is 2.40 bits per heavy atom. The molecule has 1 rings (SSSR count). The lowest BCUT2D eigenvalue weighted by atomic mass is 10.2. The van der Waals surface area contributed by atoms with Crippen LogP contribution < -0.4 is 10.5 Å². The van der Waals surface area contributed by atoms with E-state index in [1.54, 1.807) is 18.2 Å². The molecule has 4 nitrogen and oxygen atoms in total. The molecular weight excluding hydrogens is 268 g/mol. The van der Waals surface area contributed by atoms with Crippen molar-refractivity contribution in [1.82, 2.24) is 0 Å². The lowest BCUT2D eigenvalue weighted by molar-refractivity contribution is 0.204. The number of hydrogen-bond acceptors (Lipinski definition) is 4. The van der Waals surface area contributed by atoms with Gasteiger partial charge in [0, 0.05) is 0 Å². The number of nitrogen functional groups attached to an aromatic ring is 1. The first-order chi connectivity index (χ1) is 9.17. The van der Waals surface area contributed by atoms with Gasteiger partial charge in [-0.15, -0.1) is 0 Å². The van der Waals surface area contributed by atoms with Gasteiger partial charge in [-0.1, -0.05) is 20.8 Å². The van der Waals surface area contributed by atoms with Crippen LogP contribution in [-0.4, -0.2) is 21.5 Å². The van der Waals surface area contributed by atoms with Crippen LogP contribution in [0.3, 0.4) is 0 Å². The minimum atomic E-state index is -1.73. The molecule has 0 aliphatic carbocycles. The Labute approximate surface area is 122 Å². The van der Waals surface area contributed by atoms with Gasteiger partial charge in [-0.05, 0) is 36.3 Å². The minimum Gasteiger partial charge on any atom is -0.489 e. The summed E-state index contributed by atoms with van der Waals surface area (Å²) < 4.78 is 11.6. The largest absolute Gasteiger partial charge is 0.489 e. The van der Waals surface area contributed by atoms with Gasteiger partial charge in [0.1, 0.15) is 12.4 Å². The van der Waals surface area contributed by atoms with Gasteiger partial charge >= 0.3 is 0 Å². The molecule has 0 saturated heterocycles. The molecule has 0 atom stereocenters. The molecule has 0 aromatic heterocycles. The summed E-state index contributed by atoms with van der Waals surface area (Å²) in [5, 5.41) is 8.97. The number of rotatable bonds is 5. The molecule has 0 heterocycles. The van der Waals surface area contributed by atoms with E-state index in [9.17, 15) is 0 Å². The van der Waals surface area contributed by atoms with E-state index >= 15 is 0 Å². The number of hydrogen-bond donors (Lipinski definition) is 1. The fourth-order valence-corrected chi connectivity index (χ4v) is 2.44. The maximum Gasteiger partial charge on any atom is 0.192 e. The lowest BCUT2D eigenvalue weighted by Gasteiger charge is -2.36. The van der Waals surface area contributed by atoms with E-state index in [1.165, 1.54) is 0 Å². The van der Waals surface area contributed by atoms with Gasteiger partial charge in [-0.25, -0.2) is 0 Å². The number of anilines is 1. The van der Waals surface area contributed by atoms with Crippen LogP contribution in [-0.2, 0) is 4.43 Å². The lowest BCUT2D eigenvalue weighted by Crippen LogP contribution is -2.41. The zero-order valence-electron chi connectivity index (χ0n) is 13.0. The van der Waals surface area contributed by atoms with Gasteiger partial charge < -0.3 is 14.9 Å². The number of nitrogens with zero attached hydrogens (tertiary/aromatic N) is 1. The maximum absolute atomic E-state index is 8.77. The van der Waals surface area contributed by atoms with Crippen molar-refractivity contribution in [2.24, 2.45) is 0 Å². The molecule has 0 spiro atoms. The molecular formula is C15H24N2O2Si. The zero-order valence-corrected chi connectivity index (χ0v) is 14.0. The highest BCUT2D eigenvalue weighted by Gasteiger charge is 2.36. The number of benzene rings is 1. The fraction of sp³-hybridized carbons (Fsp3) is 0.533. The molecule has 0 bridgehead atoms. The molecule has 0 aliphatic rings. The second-order valence-electron chi connectivity index (χ2n) is 6.32. The van der Waals surface area contributed by atoms with Crippen LogP contribution in [0, 0.1) is 11.3 Å². The Morgan fingerprint density at radius 1 is 1.25 bits per heavy atom. The summed E-state index contributed by atoms with van der Waals surface area (Å²) >= 11 is 0. The third-order valence-electron chi connectivity index (χ3n) is 3.75. The van der Waals surface area contributed by atoms with E-state index in [2.05, 4.69) is 33.9 Å². The third-order valence-corrected chi connectivity index (χ3v) is 8.29. The van der Waals surface area contributed by atoms with Crippen molar-refractivity contribution in [2.75, 3.05) is 18.9 Å². The van der Waals surface area contributed by atoms with Crippen molar-refractivity contribution in [3.63, 3.8) is 0 Å². The molecule has 0 aliphatic heterocycles. The van der Waals surface area contributed by atoms with Crippen LogP contribution in [0.2, 0.25) is 18.1 Å². The van der Waals surface area contributed by atoms with E-state index in [1.807, 2.05) is 6.07 Å². The summed E-state index contributed by atoms with van der Waals surface area (Å²) in [7, 11) is -1.73.